The normalized spacial score (nSPS) is 12.1. The van der Waals surface area contributed by atoms with E-state index >= 15 is 0 Å². The number of imidazole rings is 1. The van der Waals surface area contributed by atoms with Gasteiger partial charge in [-0.15, -0.1) is 54.1 Å². The second-order valence-corrected chi connectivity index (χ2v) is 22.6. The Labute approximate surface area is 340 Å². The molecule has 4 aromatic heterocycles. The van der Waals surface area contributed by atoms with E-state index in [9.17, 15) is 0 Å². The van der Waals surface area contributed by atoms with Crippen molar-refractivity contribution in [2.24, 2.45) is 5.41 Å². The number of nitrogens with zero attached hydrogens (tertiary/aromatic N) is 4. The van der Waals surface area contributed by atoms with Gasteiger partial charge in [0.05, 0.1) is 30.5 Å². The van der Waals surface area contributed by atoms with Crippen LogP contribution in [0.3, 0.4) is 0 Å². The van der Waals surface area contributed by atoms with Crippen LogP contribution in [0.15, 0.2) is 114 Å². The van der Waals surface area contributed by atoms with E-state index in [4.69, 9.17) is 14.4 Å². The molecule has 1 radical (unpaired) electrons. The number of rotatable bonds is 5. The zero-order chi connectivity index (χ0) is 38.4. The van der Waals surface area contributed by atoms with Gasteiger partial charge in [-0.25, -0.2) is 4.98 Å². The van der Waals surface area contributed by atoms with Crippen LogP contribution in [0.25, 0.3) is 61.4 Å². The summed E-state index contributed by atoms with van der Waals surface area (Å²) in [5, 5.41) is 3.51. The number of fused-ring (bicyclic) bond motifs is 4. The van der Waals surface area contributed by atoms with Gasteiger partial charge in [0, 0.05) is 43.1 Å². The molecule has 0 aliphatic heterocycles. The molecule has 8 aromatic rings. The summed E-state index contributed by atoms with van der Waals surface area (Å²) in [6, 6.07) is 42.1. The second kappa shape index (κ2) is 15.5. The Hall–Kier alpha value is -4.68. The summed E-state index contributed by atoms with van der Waals surface area (Å²) < 4.78 is 8.47. The third kappa shape index (κ3) is 8.60. The van der Waals surface area contributed by atoms with Gasteiger partial charge >= 0.3 is 0 Å². The van der Waals surface area contributed by atoms with Crippen LogP contribution in [0.5, 0.6) is 0 Å². The van der Waals surface area contributed by atoms with E-state index in [1.54, 1.807) is 0 Å². The first kappa shape index (κ1) is 40.0. The standard InChI is InChI=1S/C29H24N3O.C19H26NSi.Ir/c1-18-12-17-22-21-8-7-9-23(26(21)33-28(22)30-18)27-31-24-10-5-6-11-25(24)32(27)20-15-13-19(14-16-20)29(2,3)4;1-19(2,3)13-16-12-17(15-10-8-7-9-11-15)20-14-18(16)21(4,5)6;/h5-8,10-17H,1-4H3;7-10,12,14H,13H2,1-6H3;/q2*-1;. The van der Waals surface area contributed by atoms with Crippen LogP contribution in [0.1, 0.15) is 58.4 Å². The predicted molar refractivity (Wildman–Crippen MR) is 228 cm³/mol. The first-order chi connectivity index (χ1) is 25.6. The van der Waals surface area contributed by atoms with Gasteiger partial charge in [-0.05, 0) is 77.0 Å². The molecular formula is C48H50IrN4OSi-2. The van der Waals surface area contributed by atoms with E-state index in [2.05, 4.69) is 138 Å². The van der Waals surface area contributed by atoms with E-state index in [-0.39, 0.29) is 30.9 Å². The van der Waals surface area contributed by atoms with E-state index in [1.807, 2.05) is 61.5 Å². The van der Waals surface area contributed by atoms with E-state index in [0.29, 0.717) is 5.71 Å². The molecule has 4 heterocycles. The monoisotopic (exact) mass is 919 g/mol. The van der Waals surface area contributed by atoms with Gasteiger partial charge in [0.15, 0.2) is 0 Å². The predicted octanol–water partition coefficient (Wildman–Crippen LogP) is 12.1. The van der Waals surface area contributed by atoms with Gasteiger partial charge in [0.2, 0.25) is 5.71 Å². The van der Waals surface area contributed by atoms with Crippen molar-refractivity contribution in [3.05, 3.63) is 138 Å². The van der Waals surface area contributed by atoms with Crippen molar-refractivity contribution in [1.29, 1.82) is 0 Å². The minimum absolute atomic E-state index is 0. The SMILES string of the molecule is CC(C)(C)Cc1cc(-c2[c-]cccc2)ncc1[Si](C)(C)C.Cc1ccc2c(n1)oc1c(-c3nc4ccccc4n3-c3ccc(C(C)(C)C)cc3)[c-]ccc12.[Ir]. The van der Waals surface area contributed by atoms with Crippen LogP contribution in [-0.2, 0) is 31.9 Å². The average Bonchev–Trinajstić information content (AvgIpc) is 3.69. The smallest absolute Gasteiger partial charge is 0.216 e. The maximum atomic E-state index is 6.27. The van der Waals surface area contributed by atoms with Gasteiger partial charge < -0.3 is 14.0 Å². The topological polar surface area (TPSA) is 56.7 Å². The minimum atomic E-state index is -1.37. The summed E-state index contributed by atoms with van der Waals surface area (Å²) in [6.07, 6.45) is 3.21. The second-order valence-electron chi connectivity index (χ2n) is 17.5. The molecule has 0 aliphatic rings. The van der Waals surface area contributed by atoms with Gasteiger partial charge in [0.1, 0.15) is 0 Å². The maximum Gasteiger partial charge on any atom is 0.216 e. The summed E-state index contributed by atoms with van der Waals surface area (Å²) in [5.74, 6) is 0.807. The number of furan rings is 1. The van der Waals surface area contributed by atoms with Gasteiger partial charge in [-0.2, -0.15) is 0 Å². The number of aryl methyl sites for hydroxylation is 1. The van der Waals surface area contributed by atoms with Crippen LogP contribution >= 0.6 is 0 Å². The minimum Gasteiger partial charge on any atom is -0.486 e. The molecule has 0 atom stereocenters. The summed E-state index contributed by atoms with van der Waals surface area (Å²) in [6.45, 7) is 22.7. The van der Waals surface area contributed by atoms with Crippen molar-refractivity contribution in [3.8, 4) is 28.3 Å². The fraction of sp³-hybridized carbons (Fsp3) is 0.271. The molecule has 7 heteroatoms. The molecule has 0 aliphatic carbocycles. The summed E-state index contributed by atoms with van der Waals surface area (Å²) >= 11 is 0. The number of aromatic nitrogens is 4. The van der Waals surface area contributed by atoms with Crippen molar-refractivity contribution in [2.45, 2.75) is 79.9 Å². The van der Waals surface area contributed by atoms with E-state index in [1.165, 1.54) is 16.3 Å². The number of hydrogen-bond donors (Lipinski definition) is 0. The number of para-hydroxylation sites is 2. The Morgan fingerprint density at radius 2 is 1.49 bits per heavy atom. The Balaban J connectivity index is 0.000000204. The first-order valence-corrected chi connectivity index (χ1v) is 22.3. The van der Waals surface area contributed by atoms with Crippen molar-refractivity contribution >= 4 is 46.4 Å². The molecule has 55 heavy (non-hydrogen) atoms. The van der Waals surface area contributed by atoms with Gasteiger partial charge in [0.25, 0.3) is 0 Å². The molecule has 5 nitrogen and oxygen atoms in total. The van der Waals surface area contributed by atoms with Crippen LogP contribution in [0.2, 0.25) is 19.6 Å². The molecule has 0 amide bonds. The average molecular weight is 919 g/mol. The van der Waals surface area contributed by atoms with Crippen molar-refractivity contribution in [2.75, 3.05) is 0 Å². The third-order valence-electron chi connectivity index (χ3n) is 9.72. The number of pyridine rings is 2. The summed E-state index contributed by atoms with van der Waals surface area (Å²) in [5.41, 5.74) is 11.5. The molecule has 283 valence electrons. The van der Waals surface area contributed by atoms with Gasteiger partial charge in [-0.1, -0.05) is 108 Å². The quantitative estimate of drug-likeness (QED) is 0.127. The molecule has 0 unspecified atom stereocenters. The Bertz CT molecular complexity index is 2590. The third-order valence-corrected chi connectivity index (χ3v) is 11.8. The first-order valence-electron chi connectivity index (χ1n) is 18.8. The molecule has 0 saturated carbocycles. The molecule has 4 aromatic carbocycles. The molecule has 0 bridgehead atoms. The number of benzene rings is 4. The molecule has 0 N–H and O–H groups in total. The summed E-state index contributed by atoms with van der Waals surface area (Å²) in [4.78, 5) is 14.3. The molecule has 0 fully saturated rings. The Morgan fingerprint density at radius 3 is 2.16 bits per heavy atom. The summed E-state index contributed by atoms with van der Waals surface area (Å²) in [7, 11) is -1.37. The van der Waals surface area contributed by atoms with Crippen molar-refractivity contribution in [3.63, 3.8) is 0 Å². The largest absolute Gasteiger partial charge is 0.486 e. The van der Waals surface area contributed by atoms with E-state index in [0.717, 1.165) is 67.8 Å². The number of hydrogen-bond acceptors (Lipinski definition) is 4. The van der Waals surface area contributed by atoms with Crippen LogP contribution in [-0.4, -0.2) is 27.6 Å². The molecule has 0 saturated heterocycles. The fourth-order valence-electron chi connectivity index (χ4n) is 7.04. The zero-order valence-electron chi connectivity index (χ0n) is 33.6. The molecule has 0 spiro atoms. The fourth-order valence-corrected chi connectivity index (χ4v) is 8.61. The van der Waals surface area contributed by atoms with Gasteiger partial charge in [-0.3, -0.25) is 4.98 Å². The van der Waals surface area contributed by atoms with Crippen molar-refractivity contribution in [1.82, 2.24) is 19.5 Å². The van der Waals surface area contributed by atoms with Crippen LogP contribution in [0, 0.1) is 24.5 Å². The molecular weight excluding hydrogens is 869 g/mol. The Kier molecular flexibility index (Phi) is 11.2. The van der Waals surface area contributed by atoms with E-state index < -0.39 is 8.07 Å². The zero-order valence-corrected chi connectivity index (χ0v) is 37.0. The van der Waals surface area contributed by atoms with Crippen LogP contribution < -0.4 is 5.19 Å². The molecule has 8 rings (SSSR count). The Morgan fingerprint density at radius 1 is 0.764 bits per heavy atom. The maximum absolute atomic E-state index is 6.27. The van der Waals surface area contributed by atoms with Crippen molar-refractivity contribution < 1.29 is 24.5 Å². The van der Waals surface area contributed by atoms with Crippen LogP contribution in [0.4, 0.5) is 0 Å².